The molecule has 1 heterocycles. The van der Waals surface area contributed by atoms with Crippen LogP contribution in [0.3, 0.4) is 0 Å². The summed E-state index contributed by atoms with van der Waals surface area (Å²) in [6.07, 6.45) is 0.207. The van der Waals surface area contributed by atoms with Crippen molar-refractivity contribution in [2.75, 3.05) is 6.54 Å². The van der Waals surface area contributed by atoms with E-state index in [0.717, 1.165) is 16.6 Å². The zero-order valence-corrected chi connectivity index (χ0v) is 15.4. The van der Waals surface area contributed by atoms with E-state index in [1.807, 2.05) is 66.2 Å². The zero-order chi connectivity index (χ0) is 19.9. The number of hydrazine groups is 1. The van der Waals surface area contributed by atoms with Gasteiger partial charge < -0.3 is 9.88 Å². The Kier molecular flexibility index (Phi) is 6.01. The van der Waals surface area contributed by atoms with Crippen LogP contribution >= 0.6 is 0 Å². The lowest BCUT2D eigenvalue weighted by Crippen LogP contribution is -2.47. The van der Waals surface area contributed by atoms with E-state index in [-0.39, 0.29) is 25.3 Å². The van der Waals surface area contributed by atoms with Crippen molar-refractivity contribution >= 4 is 28.8 Å². The molecule has 0 spiro atoms. The van der Waals surface area contributed by atoms with Gasteiger partial charge in [0, 0.05) is 7.05 Å². The summed E-state index contributed by atoms with van der Waals surface area (Å²) in [7, 11) is 1.83. The summed E-state index contributed by atoms with van der Waals surface area (Å²) < 4.78 is 1.83. The number of amides is 3. The SMILES string of the molecule is Cn1c(CC(=O)NNC(=O)CNC(=O)Cc2ccccc2)nc2ccccc21. The van der Waals surface area contributed by atoms with Crippen molar-refractivity contribution in [1.82, 2.24) is 25.7 Å². The maximum absolute atomic E-state index is 12.1. The van der Waals surface area contributed by atoms with E-state index < -0.39 is 11.8 Å². The molecule has 3 N–H and O–H groups in total. The van der Waals surface area contributed by atoms with Crippen molar-refractivity contribution in [2.24, 2.45) is 7.05 Å². The molecule has 3 rings (SSSR count). The molecule has 0 aliphatic carbocycles. The number of fused-ring (bicyclic) bond motifs is 1. The second kappa shape index (κ2) is 8.81. The number of para-hydroxylation sites is 2. The Bertz CT molecular complexity index is 998. The minimum Gasteiger partial charge on any atom is -0.347 e. The van der Waals surface area contributed by atoms with Crippen molar-refractivity contribution in [1.29, 1.82) is 0 Å². The second-order valence-electron chi connectivity index (χ2n) is 6.29. The fraction of sp³-hybridized carbons (Fsp3) is 0.200. The lowest BCUT2D eigenvalue weighted by atomic mass is 10.1. The molecule has 0 aliphatic rings. The maximum atomic E-state index is 12.1. The zero-order valence-electron chi connectivity index (χ0n) is 15.4. The lowest BCUT2D eigenvalue weighted by Gasteiger charge is -2.08. The third kappa shape index (κ3) is 4.94. The monoisotopic (exact) mass is 379 g/mol. The third-order valence-electron chi connectivity index (χ3n) is 4.19. The first-order chi connectivity index (χ1) is 13.5. The summed E-state index contributed by atoms with van der Waals surface area (Å²) in [4.78, 5) is 40.1. The number of rotatable bonds is 6. The summed E-state index contributed by atoms with van der Waals surface area (Å²) in [5, 5.41) is 2.51. The van der Waals surface area contributed by atoms with E-state index in [1.165, 1.54) is 0 Å². The highest BCUT2D eigenvalue weighted by Crippen LogP contribution is 2.14. The van der Waals surface area contributed by atoms with Gasteiger partial charge in [0.25, 0.3) is 5.91 Å². The topological polar surface area (TPSA) is 105 Å². The quantitative estimate of drug-likeness (QED) is 0.546. The molecule has 8 nitrogen and oxygen atoms in total. The van der Waals surface area contributed by atoms with Crippen LogP contribution in [0.25, 0.3) is 11.0 Å². The molecule has 0 radical (unpaired) electrons. The van der Waals surface area contributed by atoms with Crippen LogP contribution < -0.4 is 16.2 Å². The van der Waals surface area contributed by atoms with Crippen LogP contribution in [0.4, 0.5) is 0 Å². The molecule has 0 saturated carbocycles. The number of nitrogens with one attached hydrogen (secondary N) is 3. The minimum absolute atomic E-state index is 0.0197. The van der Waals surface area contributed by atoms with E-state index in [4.69, 9.17) is 0 Å². The van der Waals surface area contributed by atoms with Crippen LogP contribution in [-0.2, 0) is 34.3 Å². The van der Waals surface area contributed by atoms with Crippen LogP contribution in [0.2, 0.25) is 0 Å². The molecular weight excluding hydrogens is 358 g/mol. The number of benzene rings is 2. The average Bonchev–Trinajstić information content (AvgIpc) is 3.01. The highest BCUT2D eigenvalue weighted by Gasteiger charge is 2.12. The lowest BCUT2D eigenvalue weighted by molar-refractivity contribution is -0.129. The third-order valence-corrected chi connectivity index (χ3v) is 4.19. The van der Waals surface area contributed by atoms with Crippen LogP contribution in [0.1, 0.15) is 11.4 Å². The highest BCUT2D eigenvalue weighted by molar-refractivity contribution is 5.87. The van der Waals surface area contributed by atoms with Crippen molar-refractivity contribution in [3.8, 4) is 0 Å². The van der Waals surface area contributed by atoms with E-state index in [1.54, 1.807) is 0 Å². The Morgan fingerprint density at radius 1 is 0.857 bits per heavy atom. The van der Waals surface area contributed by atoms with Gasteiger partial charge in [-0.25, -0.2) is 4.98 Å². The van der Waals surface area contributed by atoms with E-state index in [9.17, 15) is 14.4 Å². The molecule has 0 unspecified atom stereocenters. The summed E-state index contributed by atoms with van der Waals surface area (Å²) in [5.74, 6) is -0.598. The van der Waals surface area contributed by atoms with Gasteiger partial charge in [-0.05, 0) is 17.7 Å². The van der Waals surface area contributed by atoms with Crippen molar-refractivity contribution in [3.63, 3.8) is 0 Å². The van der Waals surface area contributed by atoms with Gasteiger partial charge in [-0.15, -0.1) is 0 Å². The number of aromatic nitrogens is 2. The molecule has 2 aromatic carbocycles. The number of nitrogens with zero attached hydrogens (tertiary/aromatic N) is 2. The van der Waals surface area contributed by atoms with Crippen LogP contribution in [0.5, 0.6) is 0 Å². The number of carbonyl (C=O) groups is 3. The Labute approximate surface area is 161 Å². The van der Waals surface area contributed by atoms with Crippen LogP contribution in [0.15, 0.2) is 54.6 Å². The van der Waals surface area contributed by atoms with Crippen molar-refractivity contribution in [3.05, 3.63) is 66.0 Å². The van der Waals surface area contributed by atoms with Gasteiger partial charge >= 0.3 is 0 Å². The molecule has 28 heavy (non-hydrogen) atoms. The second-order valence-corrected chi connectivity index (χ2v) is 6.29. The van der Waals surface area contributed by atoms with E-state index >= 15 is 0 Å². The van der Waals surface area contributed by atoms with Gasteiger partial charge in [0.05, 0.1) is 30.4 Å². The smallest absolute Gasteiger partial charge is 0.257 e. The first kappa shape index (κ1) is 19.1. The number of hydrogen-bond acceptors (Lipinski definition) is 4. The first-order valence-electron chi connectivity index (χ1n) is 8.81. The molecule has 8 heteroatoms. The Morgan fingerprint density at radius 3 is 2.29 bits per heavy atom. The van der Waals surface area contributed by atoms with Gasteiger partial charge in [0.15, 0.2) is 0 Å². The van der Waals surface area contributed by atoms with Gasteiger partial charge in [-0.3, -0.25) is 25.2 Å². The normalized spacial score (nSPS) is 10.5. The van der Waals surface area contributed by atoms with Gasteiger partial charge in [-0.1, -0.05) is 42.5 Å². The molecule has 144 valence electrons. The standard InChI is InChI=1S/C20H21N5O3/c1-25-16-10-6-5-9-15(16)22-17(25)12-19(27)23-24-20(28)13-21-18(26)11-14-7-3-2-4-8-14/h2-10H,11-13H2,1H3,(H,21,26)(H,23,27)(H,24,28). The Balaban J connectivity index is 1.42. The van der Waals surface area contributed by atoms with E-state index in [0.29, 0.717) is 5.82 Å². The van der Waals surface area contributed by atoms with E-state index in [2.05, 4.69) is 21.2 Å². The van der Waals surface area contributed by atoms with Gasteiger partial charge in [0.1, 0.15) is 5.82 Å². The van der Waals surface area contributed by atoms with Gasteiger partial charge in [-0.2, -0.15) is 0 Å². The molecule has 0 saturated heterocycles. The molecule has 0 fully saturated rings. The number of hydrogen-bond donors (Lipinski definition) is 3. The highest BCUT2D eigenvalue weighted by atomic mass is 16.2. The predicted octanol–water partition coefficient (Wildman–Crippen LogP) is 0.622. The summed E-state index contributed by atoms with van der Waals surface area (Å²) >= 11 is 0. The summed E-state index contributed by atoms with van der Waals surface area (Å²) in [5.41, 5.74) is 7.21. The van der Waals surface area contributed by atoms with Gasteiger partial charge in [0.2, 0.25) is 11.8 Å². The number of aryl methyl sites for hydroxylation is 1. The largest absolute Gasteiger partial charge is 0.347 e. The molecule has 3 amide bonds. The first-order valence-corrected chi connectivity index (χ1v) is 8.81. The number of imidazole rings is 1. The maximum Gasteiger partial charge on any atom is 0.257 e. The minimum atomic E-state index is -0.514. The number of carbonyl (C=O) groups excluding carboxylic acids is 3. The summed E-state index contributed by atoms with van der Waals surface area (Å²) in [6, 6.07) is 16.8. The molecule has 0 aliphatic heterocycles. The summed E-state index contributed by atoms with van der Waals surface area (Å²) in [6.45, 7) is -0.224. The van der Waals surface area contributed by atoms with Crippen LogP contribution in [-0.4, -0.2) is 33.8 Å². The van der Waals surface area contributed by atoms with Crippen LogP contribution in [0, 0.1) is 0 Å². The van der Waals surface area contributed by atoms with Crippen molar-refractivity contribution in [2.45, 2.75) is 12.8 Å². The van der Waals surface area contributed by atoms with Crippen molar-refractivity contribution < 1.29 is 14.4 Å². The predicted molar refractivity (Wildman–Crippen MR) is 104 cm³/mol. The molecule has 0 atom stereocenters. The molecule has 3 aromatic rings. The molecule has 0 bridgehead atoms. The Morgan fingerprint density at radius 2 is 1.54 bits per heavy atom. The fourth-order valence-corrected chi connectivity index (χ4v) is 2.75. The molecular formula is C20H21N5O3. The average molecular weight is 379 g/mol. The fourth-order valence-electron chi connectivity index (χ4n) is 2.75. The Hall–Kier alpha value is -3.68. The molecule has 1 aromatic heterocycles.